The molecule has 1 saturated heterocycles. The predicted octanol–water partition coefficient (Wildman–Crippen LogP) is 4.35. The molecule has 0 amide bonds. The Labute approximate surface area is 145 Å². The number of pyridine rings is 1. The first kappa shape index (κ1) is 16.4. The number of aromatic nitrogens is 1. The van der Waals surface area contributed by atoms with Crippen LogP contribution in [0.15, 0.2) is 48.8 Å². The van der Waals surface area contributed by atoms with Crippen LogP contribution in [0, 0.1) is 0 Å². The van der Waals surface area contributed by atoms with Gasteiger partial charge in [0.15, 0.2) is 0 Å². The summed E-state index contributed by atoms with van der Waals surface area (Å²) in [6, 6.07) is 11.8. The fraction of sp³-hybridized carbons (Fsp3) is 0.333. The SMILES string of the molecule is O=C(OCCCc1cccnc1)c1ccc(C2SCCS2)cc1. The van der Waals surface area contributed by atoms with Crippen LogP contribution in [0.2, 0.25) is 0 Å². The maximum Gasteiger partial charge on any atom is 0.338 e. The number of thioether (sulfide) groups is 2. The van der Waals surface area contributed by atoms with E-state index in [0.717, 1.165) is 12.8 Å². The first-order valence-electron chi connectivity index (χ1n) is 7.72. The summed E-state index contributed by atoms with van der Waals surface area (Å²) in [6.07, 6.45) is 5.29. The predicted molar refractivity (Wildman–Crippen MR) is 96.9 cm³/mol. The van der Waals surface area contributed by atoms with Crippen molar-refractivity contribution in [3.8, 4) is 0 Å². The molecule has 0 N–H and O–H groups in total. The first-order chi connectivity index (χ1) is 11.3. The van der Waals surface area contributed by atoms with E-state index in [0.29, 0.717) is 16.8 Å². The molecule has 23 heavy (non-hydrogen) atoms. The molecule has 0 spiro atoms. The van der Waals surface area contributed by atoms with Crippen molar-refractivity contribution in [1.29, 1.82) is 0 Å². The van der Waals surface area contributed by atoms with Gasteiger partial charge in [-0.3, -0.25) is 4.98 Å². The van der Waals surface area contributed by atoms with Crippen LogP contribution in [-0.2, 0) is 11.2 Å². The molecule has 0 unspecified atom stereocenters. The zero-order chi connectivity index (χ0) is 15.9. The minimum absolute atomic E-state index is 0.241. The Morgan fingerprint density at radius 1 is 1.17 bits per heavy atom. The maximum atomic E-state index is 12.0. The van der Waals surface area contributed by atoms with Crippen LogP contribution in [0.5, 0.6) is 0 Å². The molecule has 1 fully saturated rings. The fourth-order valence-corrected chi connectivity index (χ4v) is 5.26. The van der Waals surface area contributed by atoms with Crippen LogP contribution in [-0.4, -0.2) is 29.1 Å². The van der Waals surface area contributed by atoms with Gasteiger partial charge in [0.1, 0.15) is 0 Å². The number of benzene rings is 1. The van der Waals surface area contributed by atoms with Crippen LogP contribution >= 0.6 is 23.5 Å². The van der Waals surface area contributed by atoms with E-state index in [1.54, 1.807) is 6.20 Å². The average Bonchev–Trinajstić information content (AvgIpc) is 3.14. The van der Waals surface area contributed by atoms with Crippen LogP contribution in [0.3, 0.4) is 0 Å². The van der Waals surface area contributed by atoms with Gasteiger partial charge in [-0.1, -0.05) is 18.2 Å². The number of carbonyl (C=O) groups excluding carboxylic acids is 1. The molecule has 1 aliphatic heterocycles. The number of ether oxygens (including phenoxy) is 1. The largest absolute Gasteiger partial charge is 0.462 e. The lowest BCUT2D eigenvalue weighted by Gasteiger charge is -2.09. The van der Waals surface area contributed by atoms with E-state index in [1.807, 2.05) is 66.1 Å². The standard InChI is InChI=1S/C18H19NO2S2/c20-17(21-10-2-4-14-3-1-9-19-13-14)15-5-7-16(8-6-15)18-22-11-12-23-18/h1,3,5-9,13,18H,2,4,10-12H2. The molecule has 0 aliphatic carbocycles. The number of aryl methyl sites for hydroxylation is 1. The van der Waals surface area contributed by atoms with E-state index in [9.17, 15) is 4.79 Å². The fourth-order valence-electron chi connectivity index (χ4n) is 2.40. The monoisotopic (exact) mass is 345 g/mol. The van der Waals surface area contributed by atoms with Crippen molar-refractivity contribution in [1.82, 2.24) is 4.98 Å². The molecule has 1 aliphatic rings. The number of hydrogen-bond donors (Lipinski definition) is 0. The van der Waals surface area contributed by atoms with Crippen molar-refractivity contribution >= 4 is 29.5 Å². The quantitative estimate of drug-likeness (QED) is 0.575. The molecule has 0 radical (unpaired) electrons. The molecule has 1 aromatic heterocycles. The topological polar surface area (TPSA) is 39.2 Å². The van der Waals surface area contributed by atoms with Crippen LogP contribution in [0.1, 0.15) is 32.5 Å². The van der Waals surface area contributed by atoms with Crippen molar-refractivity contribution in [3.05, 3.63) is 65.5 Å². The summed E-state index contributed by atoms with van der Waals surface area (Å²) < 4.78 is 5.86. The maximum absolute atomic E-state index is 12.0. The van der Waals surface area contributed by atoms with Crippen LogP contribution in [0.4, 0.5) is 0 Å². The highest BCUT2D eigenvalue weighted by Crippen LogP contribution is 2.45. The molecule has 1 aromatic carbocycles. The van der Waals surface area contributed by atoms with Gasteiger partial charge < -0.3 is 4.74 Å². The van der Waals surface area contributed by atoms with Crippen LogP contribution in [0.25, 0.3) is 0 Å². The number of carbonyl (C=O) groups is 1. The van der Waals surface area contributed by atoms with E-state index in [1.165, 1.54) is 22.6 Å². The van der Waals surface area contributed by atoms with E-state index < -0.39 is 0 Å². The number of nitrogens with zero attached hydrogens (tertiary/aromatic N) is 1. The first-order valence-corrected chi connectivity index (χ1v) is 9.82. The van der Waals surface area contributed by atoms with E-state index in [-0.39, 0.29) is 5.97 Å². The summed E-state index contributed by atoms with van der Waals surface area (Å²) in [6.45, 7) is 0.434. The Kier molecular flexibility index (Phi) is 6.00. The minimum atomic E-state index is -0.241. The third kappa shape index (κ3) is 4.75. The molecule has 3 nitrogen and oxygen atoms in total. The molecular weight excluding hydrogens is 326 g/mol. The molecule has 5 heteroatoms. The molecule has 120 valence electrons. The Hall–Kier alpha value is -1.46. The number of hydrogen-bond acceptors (Lipinski definition) is 5. The van der Waals surface area contributed by atoms with Crippen molar-refractivity contribution < 1.29 is 9.53 Å². The van der Waals surface area contributed by atoms with Gasteiger partial charge in [-0.05, 0) is 42.2 Å². The van der Waals surface area contributed by atoms with Gasteiger partial charge in [-0.15, -0.1) is 23.5 Å². The van der Waals surface area contributed by atoms with E-state index in [2.05, 4.69) is 4.98 Å². The van der Waals surface area contributed by atoms with Gasteiger partial charge >= 0.3 is 5.97 Å². The third-order valence-electron chi connectivity index (χ3n) is 3.61. The lowest BCUT2D eigenvalue weighted by Crippen LogP contribution is -2.07. The smallest absolute Gasteiger partial charge is 0.338 e. The summed E-state index contributed by atoms with van der Waals surface area (Å²) in [7, 11) is 0. The highest BCUT2D eigenvalue weighted by Gasteiger charge is 2.18. The number of rotatable bonds is 6. The third-order valence-corrected chi connectivity index (χ3v) is 6.71. The highest BCUT2D eigenvalue weighted by atomic mass is 32.2. The lowest BCUT2D eigenvalue weighted by molar-refractivity contribution is 0.0500. The molecule has 2 aromatic rings. The van der Waals surface area contributed by atoms with Crippen molar-refractivity contribution in [2.75, 3.05) is 18.1 Å². The molecule has 3 rings (SSSR count). The van der Waals surface area contributed by atoms with Crippen molar-refractivity contribution in [2.24, 2.45) is 0 Å². The Balaban J connectivity index is 1.44. The second kappa shape index (κ2) is 8.41. The van der Waals surface area contributed by atoms with Gasteiger partial charge in [-0.2, -0.15) is 0 Å². The summed E-state index contributed by atoms with van der Waals surface area (Å²) in [5, 5.41) is 0. The number of esters is 1. The van der Waals surface area contributed by atoms with Gasteiger partial charge in [0.25, 0.3) is 0 Å². The molecule has 2 heterocycles. The second-order valence-electron chi connectivity index (χ2n) is 5.30. The van der Waals surface area contributed by atoms with Gasteiger partial charge in [-0.25, -0.2) is 4.79 Å². The summed E-state index contributed by atoms with van der Waals surface area (Å²) in [4.78, 5) is 16.1. The Bertz CT molecular complexity index is 625. The highest BCUT2D eigenvalue weighted by molar-refractivity contribution is 8.19. The lowest BCUT2D eigenvalue weighted by atomic mass is 10.1. The molecule has 0 atom stereocenters. The average molecular weight is 345 g/mol. The summed E-state index contributed by atoms with van der Waals surface area (Å²) in [5.41, 5.74) is 3.08. The van der Waals surface area contributed by atoms with Gasteiger partial charge in [0.2, 0.25) is 0 Å². The van der Waals surface area contributed by atoms with Crippen LogP contribution < -0.4 is 0 Å². The normalized spacial score (nSPS) is 14.8. The Morgan fingerprint density at radius 2 is 1.96 bits per heavy atom. The van der Waals surface area contributed by atoms with Gasteiger partial charge in [0.05, 0.1) is 16.8 Å². The Morgan fingerprint density at radius 3 is 2.65 bits per heavy atom. The molecule has 0 saturated carbocycles. The minimum Gasteiger partial charge on any atom is -0.462 e. The van der Waals surface area contributed by atoms with Gasteiger partial charge in [0, 0.05) is 23.9 Å². The van der Waals surface area contributed by atoms with Crippen molar-refractivity contribution in [2.45, 2.75) is 17.4 Å². The second-order valence-corrected chi connectivity index (χ2v) is 8.02. The molecular formula is C18H19NO2S2. The molecule has 0 bridgehead atoms. The zero-order valence-corrected chi connectivity index (χ0v) is 14.4. The van der Waals surface area contributed by atoms with E-state index >= 15 is 0 Å². The van der Waals surface area contributed by atoms with Crippen molar-refractivity contribution in [3.63, 3.8) is 0 Å². The summed E-state index contributed by atoms with van der Waals surface area (Å²) in [5.74, 6) is 2.17. The zero-order valence-electron chi connectivity index (χ0n) is 12.8. The van der Waals surface area contributed by atoms with E-state index in [4.69, 9.17) is 4.74 Å². The summed E-state index contributed by atoms with van der Waals surface area (Å²) >= 11 is 3.93.